The maximum Gasteiger partial charge on any atom is 0.0713 e. The van der Waals surface area contributed by atoms with E-state index in [9.17, 15) is 0 Å². The summed E-state index contributed by atoms with van der Waals surface area (Å²) in [6, 6.07) is 99.4. The van der Waals surface area contributed by atoms with Crippen LogP contribution < -0.4 is 0 Å². The summed E-state index contributed by atoms with van der Waals surface area (Å²) in [7, 11) is 0. The second-order valence-corrected chi connectivity index (χ2v) is 21.4. The smallest absolute Gasteiger partial charge is 0.0683 e. The third kappa shape index (κ3) is 9.20. The predicted octanol–water partition coefficient (Wildman–Crippen LogP) is 21.4. The van der Waals surface area contributed by atoms with Gasteiger partial charge in [0, 0.05) is 0 Å². The second-order valence-electron chi connectivity index (χ2n) is 21.4. The Bertz CT molecular complexity index is 3910. The van der Waals surface area contributed by atoms with E-state index in [-0.39, 0.29) is 10.8 Å². The van der Waals surface area contributed by atoms with Crippen LogP contribution in [0.15, 0.2) is 267 Å². The van der Waals surface area contributed by atoms with Gasteiger partial charge >= 0.3 is 0 Å². The Morgan fingerprint density at radius 2 is 0.582 bits per heavy atom. The largest absolute Gasteiger partial charge is 0.0713 e. The van der Waals surface area contributed by atoms with Crippen LogP contribution in [0.2, 0.25) is 0 Å². The molecule has 2 aliphatic rings. The summed E-state index contributed by atoms with van der Waals surface area (Å²) in [4.78, 5) is 0. The molecule has 12 aromatic rings. The number of benzene rings is 12. The molecule has 0 heteroatoms. The van der Waals surface area contributed by atoms with Crippen LogP contribution in [0.25, 0.3) is 66.1 Å². The highest BCUT2D eigenvalue weighted by molar-refractivity contribution is 5.98. The predicted molar refractivity (Wildman–Crippen MR) is 340 cm³/mol. The minimum absolute atomic E-state index is 0.375. The lowest BCUT2D eigenvalue weighted by atomic mass is 9.67. The molecule has 14 rings (SSSR count). The van der Waals surface area contributed by atoms with E-state index >= 15 is 0 Å². The van der Waals surface area contributed by atoms with Crippen molar-refractivity contribution in [1.29, 1.82) is 0 Å². The molecule has 0 fully saturated rings. The van der Waals surface area contributed by atoms with Gasteiger partial charge in [-0.05, 0) is 156 Å². The summed E-state index contributed by atoms with van der Waals surface area (Å²) in [5.74, 6) is 0. The van der Waals surface area contributed by atoms with Gasteiger partial charge in [-0.2, -0.15) is 0 Å². The van der Waals surface area contributed by atoms with Gasteiger partial charge < -0.3 is 0 Å². The quantitative estimate of drug-likeness (QED) is 0.156. The molecule has 79 heavy (non-hydrogen) atoms. The summed E-state index contributed by atoms with van der Waals surface area (Å²) in [5.41, 5.74) is 25.4. The van der Waals surface area contributed by atoms with Gasteiger partial charge in [-0.1, -0.05) is 305 Å². The topological polar surface area (TPSA) is 0 Å². The lowest BCUT2D eigenvalue weighted by molar-refractivity contribution is 0.767. The summed E-state index contributed by atoms with van der Waals surface area (Å²) < 4.78 is 0. The Morgan fingerprint density at radius 1 is 0.253 bits per heavy atom. The average Bonchev–Trinajstić information content (AvgIpc) is 4.17. The number of hydrogen-bond donors (Lipinski definition) is 0. The Hall–Kier alpha value is -8.84. The van der Waals surface area contributed by atoms with Gasteiger partial charge in [0.25, 0.3) is 0 Å². The molecule has 0 aliphatic heterocycles. The molecule has 0 amide bonds. The minimum Gasteiger partial charge on any atom is -0.0683 e. The van der Waals surface area contributed by atoms with Crippen molar-refractivity contribution in [3.8, 4) is 44.5 Å². The summed E-state index contributed by atoms with van der Waals surface area (Å²) >= 11 is 0. The number of rotatable bonds is 6. The zero-order chi connectivity index (χ0) is 54.7. The molecule has 0 bridgehead atoms. The zero-order valence-electron chi connectivity index (χ0n) is 47.1. The molecule has 0 nitrogen and oxygen atoms in total. The molecular weight excluding hydrogens is 949 g/mol. The van der Waals surface area contributed by atoms with E-state index < -0.39 is 0 Å². The van der Waals surface area contributed by atoms with Crippen LogP contribution in [-0.2, 0) is 10.8 Å². The fourth-order valence-electron chi connectivity index (χ4n) is 12.5. The summed E-state index contributed by atoms with van der Waals surface area (Å²) in [6.45, 7) is 16.9. The fraction of sp³-hybridized carbons (Fsp3) is 0.139. The van der Waals surface area contributed by atoms with Crippen LogP contribution in [0.4, 0.5) is 0 Å². The molecule has 0 radical (unpaired) electrons. The van der Waals surface area contributed by atoms with E-state index in [0.717, 1.165) is 0 Å². The zero-order valence-corrected chi connectivity index (χ0v) is 47.1. The van der Waals surface area contributed by atoms with Crippen molar-refractivity contribution in [3.05, 3.63) is 334 Å². The monoisotopic (exact) mass is 1020 g/mol. The second kappa shape index (κ2) is 22.3. The highest BCUT2D eigenvalue weighted by atomic mass is 14.5. The highest BCUT2D eigenvalue weighted by Gasteiger charge is 2.48. The van der Waals surface area contributed by atoms with Crippen molar-refractivity contribution in [3.63, 3.8) is 0 Å². The SMILES string of the molecule is CC.CCC.Cc1ccc(C2(c3ccc(C)cc3)c3ccccc3-c3c(-c4ccc5ccccc5c4)cccc32)cc1.Cc1ccc(C2(c3ccc(C)cc3)c3ccccc3-c3ccc(-c4ccc5ccccc5c4)cc32)cc1. The maximum atomic E-state index is 2.44. The first-order valence-electron chi connectivity index (χ1n) is 28.5. The van der Waals surface area contributed by atoms with Crippen LogP contribution in [0.1, 0.15) is 101 Å². The van der Waals surface area contributed by atoms with Gasteiger partial charge in [-0.25, -0.2) is 0 Å². The Balaban J connectivity index is 0.000000155. The number of fused-ring (bicyclic) bond motifs is 8. The Kier molecular flexibility index (Phi) is 14.7. The van der Waals surface area contributed by atoms with Gasteiger partial charge in [-0.15, -0.1) is 0 Å². The molecule has 12 aromatic carbocycles. The van der Waals surface area contributed by atoms with Gasteiger partial charge in [0.05, 0.1) is 10.8 Å². The molecule has 0 saturated heterocycles. The van der Waals surface area contributed by atoms with Crippen molar-refractivity contribution in [2.45, 2.75) is 72.6 Å². The minimum atomic E-state index is -0.375. The molecule has 0 heterocycles. The van der Waals surface area contributed by atoms with Crippen molar-refractivity contribution >= 4 is 21.5 Å². The Morgan fingerprint density at radius 3 is 1.08 bits per heavy atom. The lowest BCUT2D eigenvalue weighted by Gasteiger charge is -2.34. The summed E-state index contributed by atoms with van der Waals surface area (Å²) in [6.07, 6.45) is 1.25. The van der Waals surface area contributed by atoms with Gasteiger partial charge in [0.2, 0.25) is 0 Å². The highest BCUT2D eigenvalue weighted by Crippen LogP contribution is 2.59. The van der Waals surface area contributed by atoms with Crippen molar-refractivity contribution in [1.82, 2.24) is 0 Å². The maximum absolute atomic E-state index is 2.44. The third-order valence-electron chi connectivity index (χ3n) is 16.2. The fourth-order valence-corrected chi connectivity index (χ4v) is 12.5. The van der Waals surface area contributed by atoms with Gasteiger partial charge in [0.15, 0.2) is 0 Å². The molecular formula is C79H70. The van der Waals surface area contributed by atoms with Gasteiger partial charge in [-0.3, -0.25) is 0 Å². The first-order chi connectivity index (χ1) is 38.7. The molecule has 0 atom stereocenters. The van der Waals surface area contributed by atoms with Crippen LogP contribution >= 0.6 is 0 Å². The lowest BCUT2D eigenvalue weighted by Crippen LogP contribution is -2.28. The molecule has 0 spiro atoms. The van der Waals surface area contributed by atoms with E-state index in [0.29, 0.717) is 0 Å². The van der Waals surface area contributed by atoms with Crippen LogP contribution in [-0.4, -0.2) is 0 Å². The van der Waals surface area contributed by atoms with E-state index in [2.05, 4.69) is 308 Å². The average molecular weight is 1020 g/mol. The van der Waals surface area contributed by atoms with E-state index in [1.807, 2.05) is 13.8 Å². The van der Waals surface area contributed by atoms with Crippen LogP contribution in [0.5, 0.6) is 0 Å². The van der Waals surface area contributed by atoms with Crippen molar-refractivity contribution in [2.24, 2.45) is 0 Å². The molecule has 0 N–H and O–H groups in total. The normalized spacial score (nSPS) is 12.8. The first kappa shape index (κ1) is 52.2. The van der Waals surface area contributed by atoms with Gasteiger partial charge in [0.1, 0.15) is 0 Å². The van der Waals surface area contributed by atoms with Crippen LogP contribution in [0.3, 0.4) is 0 Å². The molecule has 0 saturated carbocycles. The Labute approximate surface area is 469 Å². The third-order valence-corrected chi connectivity index (χ3v) is 16.2. The molecule has 386 valence electrons. The first-order valence-corrected chi connectivity index (χ1v) is 28.5. The van der Waals surface area contributed by atoms with E-state index in [4.69, 9.17) is 0 Å². The molecule has 2 aliphatic carbocycles. The van der Waals surface area contributed by atoms with Crippen molar-refractivity contribution in [2.75, 3.05) is 0 Å². The number of hydrogen-bond acceptors (Lipinski definition) is 0. The van der Waals surface area contributed by atoms with Crippen molar-refractivity contribution < 1.29 is 0 Å². The number of aryl methyl sites for hydroxylation is 4. The molecule has 0 aromatic heterocycles. The van der Waals surface area contributed by atoms with E-state index in [1.54, 1.807) is 0 Å². The van der Waals surface area contributed by atoms with Crippen LogP contribution in [0, 0.1) is 27.7 Å². The van der Waals surface area contributed by atoms with E-state index in [1.165, 1.54) is 139 Å². The molecule has 0 unspecified atom stereocenters. The standard InChI is InChI=1S/2C37H28.C3H8.C2H6/c1-25-14-20-30(21-15-25)37(31-22-16-26(2)17-23-31)34-12-6-5-10-33(34)36-32(11-7-13-35(36)37)29-19-18-27-8-3-4-9-28(27)24-29;1-25-11-18-31(19-12-25)37(32-20-13-26(2)14-21-32)35-10-6-5-9-33(35)34-22-17-30(24-36(34)37)29-16-15-27-7-3-4-8-28(27)23-29;1-3-2;1-2/h2*3-24H,1-2H3;3H2,1-2H3;1-2H3. The summed E-state index contributed by atoms with van der Waals surface area (Å²) in [5, 5.41) is 5.08.